The molecule has 226 valence electrons. The predicted molar refractivity (Wildman–Crippen MR) is 193 cm³/mol. The van der Waals surface area contributed by atoms with Crippen molar-refractivity contribution in [3.8, 4) is 28.2 Å². The average Bonchev–Trinajstić information content (AvgIpc) is 3.66. The van der Waals surface area contributed by atoms with Crippen LogP contribution in [0.25, 0.3) is 88.1 Å². The van der Waals surface area contributed by atoms with Crippen LogP contribution in [0, 0.1) is 11.6 Å². The fourth-order valence-electron chi connectivity index (χ4n) is 7.47. The third-order valence-electron chi connectivity index (χ3n) is 9.55. The van der Waals surface area contributed by atoms with Crippen molar-refractivity contribution in [1.29, 1.82) is 0 Å². The molecule has 0 unspecified atom stereocenters. The van der Waals surface area contributed by atoms with Gasteiger partial charge in [0.25, 0.3) is 0 Å². The third-order valence-corrected chi connectivity index (χ3v) is 9.55. The summed E-state index contributed by atoms with van der Waals surface area (Å²) < 4.78 is 33.5. The summed E-state index contributed by atoms with van der Waals surface area (Å²) >= 11 is 0. The highest BCUT2D eigenvalue weighted by molar-refractivity contribution is 6.18. The molecule has 3 nitrogen and oxygen atoms in total. The maximum atomic E-state index is 14.5. The largest absolute Gasteiger partial charge is 0.309 e. The van der Waals surface area contributed by atoms with E-state index in [4.69, 9.17) is 4.98 Å². The van der Waals surface area contributed by atoms with Crippen molar-refractivity contribution < 1.29 is 8.78 Å². The molecular weight excluding hydrogens is 596 g/mol. The first-order valence-electron chi connectivity index (χ1n) is 15.9. The zero-order valence-electron chi connectivity index (χ0n) is 25.5. The molecule has 6 aromatic carbocycles. The van der Waals surface area contributed by atoms with E-state index >= 15 is 0 Å². The van der Waals surface area contributed by atoms with Crippen molar-refractivity contribution in [2.75, 3.05) is 0 Å². The number of hydrogen-bond donors (Lipinski definition) is 0. The van der Waals surface area contributed by atoms with Gasteiger partial charge in [-0.3, -0.25) is 4.57 Å². The number of aromatic nitrogens is 3. The Bertz CT molecular complexity index is 2870. The Balaban J connectivity index is 1.34. The molecule has 0 N–H and O–H groups in total. The Morgan fingerprint density at radius 2 is 1.02 bits per heavy atom. The highest BCUT2D eigenvalue weighted by Gasteiger charge is 2.19. The number of pyridine rings is 2. The van der Waals surface area contributed by atoms with E-state index in [2.05, 4.69) is 93.9 Å². The third kappa shape index (κ3) is 3.94. The van der Waals surface area contributed by atoms with E-state index in [1.54, 1.807) is 12.1 Å². The Labute approximate surface area is 273 Å². The average molecular weight is 622 g/mol. The van der Waals surface area contributed by atoms with Gasteiger partial charge in [-0.1, -0.05) is 84.9 Å². The van der Waals surface area contributed by atoms with Gasteiger partial charge in [0.2, 0.25) is 0 Å². The highest BCUT2D eigenvalue weighted by Crippen LogP contribution is 2.40. The molecule has 0 spiro atoms. The van der Waals surface area contributed by atoms with Gasteiger partial charge in [0, 0.05) is 32.5 Å². The lowest BCUT2D eigenvalue weighted by molar-refractivity contribution is 0.628. The summed E-state index contributed by atoms with van der Waals surface area (Å²) in [6, 6.07) is 49.2. The van der Waals surface area contributed by atoms with Crippen molar-refractivity contribution >= 4 is 59.9 Å². The van der Waals surface area contributed by atoms with Crippen molar-refractivity contribution in [2.24, 2.45) is 0 Å². The molecule has 0 amide bonds. The van der Waals surface area contributed by atoms with E-state index in [0.29, 0.717) is 17.1 Å². The van der Waals surface area contributed by atoms with E-state index in [1.165, 1.54) is 40.4 Å². The Hall–Kier alpha value is -6.33. The summed E-state index contributed by atoms with van der Waals surface area (Å²) in [5.41, 5.74) is 8.14. The van der Waals surface area contributed by atoms with Crippen molar-refractivity contribution in [2.45, 2.75) is 0 Å². The molecule has 5 heteroatoms. The molecule has 0 bridgehead atoms. The van der Waals surface area contributed by atoms with Gasteiger partial charge >= 0.3 is 0 Å². The monoisotopic (exact) mass is 621 g/mol. The number of halogens is 2. The lowest BCUT2D eigenvalue weighted by Gasteiger charge is -2.13. The smallest absolute Gasteiger partial charge is 0.138 e. The van der Waals surface area contributed by atoms with Gasteiger partial charge in [-0.25, -0.2) is 13.8 Å². The molecule has 0 radical (unpaired) electrons. The first-order chi connectivity index (χ1) is 23.6. The maximum Gasteiger partial charge on any atom is 0.138 e. The van der Waals surface area contributed by atoms with E-state index in [9.17, 15) is 8.78 Å². The number of para-hydroxylation sites is 2. The van der Waals surface area contributed by atoms with Crippen LogP contribution in [0.15, 0.2) is 152 Å². The first-order valence-corrected chi connectivity index (χ1v) is 15.9. The molecule has 10 rings (SSSR count). The van der Waals surface area contributed by atoms with Crippen LogP contribution in [0.3, 0.4) is 0 Å². The summed E-state index contributed by atoms with van der Waals surface area (Å²) in [7, 11) is 0. The molecule has 0 aliphatic heterocycles. The highest BCUT2D eigenvalue weighted by atomic mass is 19.1. The van der Waals surface area contributed by atoms with Crippen molar-refractivity contribution in [1.82, 2.24) is 14.0 Å². The van der Waals surface area contributed by atoms with Gasteiger partial charge in [-0.05, 0) is 83.2 Å². The summed E-state index contributed by atoms with van der Waals surface area (Å²) in [6.07, 6.45) is 0. The van der Waals surface area contributed by atoms with E-state index in [-0.39, 0.29) is 11.6 Å². The summed E-state index contributed by atoms with van der Waals surface area (Å²) in [5.74, 6) is 0.00107. The number of rotatable bonds is 3. The van der Waals surface area contributed by atoms with E-state index in [0.717, 1.165) is 54.9 Å². The van der Waals surface area contributed by atoms with Gasteiger partial charge in [-0.2, -0.15) is 0 Å². The number of hydrogen-bond acceptors (Lipinski definition) is 1. The Kier molecular flexibility index (Phi) is 5.64. The van der Waals surface area contributed by atoms with Crippen LogP contribution in [-0.2, 0) is 0 Å². The lowest BCUT2D eigenvalue weighted by Crippen LogP contribution is -2.00. The quantitative estimate of drug-likeness (QED) is 0.180. The lowest BCUT2D eigenvalue weighted by atomic mass is 10.0. The molecule has 10 aromatic rings. The van der Waals surface area contributed by atoms with Gasteiger partial charge < -0.3 is 4.40 Å². The molecule has 0 aliphatic carbocycles. The molecule has 0 aliphatic rings. The second kappa shape index (κ2) is 10.1. The Morgan fingerprint density at radius 1 is 0.396 bits per heavy atom. The minimum absolute atomic E-state index is 0.322. The van der Waals surface area contributed by atoms with Crippen LogP contribution < -0.4 is 0 Å². The van der Waals surface area contributed by atoms with Crippen LogP contribution in [0.1, 0.15) is 0 Å². The van der Waals surface area contributed by atoms with Crippen LogP contribution in [0.4, 0.5) is 8.78 Å². The minimum atomic E-state index is -0.342. The standard InChI is InChI=1S/C43H25F2N3/c44-30-11-7-9-26(19-30)28-22-37(27-10-8-12-31(45)20-27)46-43(24-28)48-39-18-6-4-16-35(39)36-21-29-23-41-34-15-2-1-13-32(34)33-14-3-5-17-38(33)47(41)40(29)25-42(36)48/h1-25H. The summed E-state index contributed by atoms with van der Waals surface area (Å²) in [6.45, 7) is 0. The zero-order valence-corrected chi connectivity index (χ0v) is 25.5. The second-order valence-electron chi connectivity index (χ2n) is 12.3. The first kappa shape index (κ1) is 26.8. The SMILES string of the molecule is Fc1cccc(-c2cc(-c3cccc(F)c3)nc(-n3c4ccccc4c4cc5cc6c7ccccc7c7ccccc7n6c5cc43)c2)c1. The molecule has 4 heterocycles. The van der Waals surface area contributed by atoms with Gasteiger partial charge in [-0.15, -0.1) is 0 Å². The summed E-state index contributed by atoms with van der Waals surface area (Å²) in [4.78, 5) is 5.15. The topological polar surface area (TPSA) is 22.2 Å². The zero-order chi connectivity index (χ0) is 31.9. The molecule has 48 heavy (non-hydrogen) atoms. The van der Waals surface area contributed by atoms with Crippen LogP contribution in [0.5, 0.6) is 0 Å². The van der Waals surface area contributed by atoms with Gasteiger partial charge in [0.1, 0.15) is 17.5 Å². The Morgan fingerprint density at radius 3 is 1.77 bits per heavy atom. The van der Waals surface area contributed by atoms with Crippen LogP contribution in [-0.4, -0.2) is 14.0 Å². The minimum Gasteiger partial charge on any atom is -0.309 e. The van der Waals surface area contributed by atoms with Gasteiger partial charge in [0.15, 0.2) is 0 Å². The molecule has 0 fully saturated rings. The fraction of sp³-hybridized carbons (Fsp3) is 0. The number of nitrogens with zero attached hydrogens (tertiary/aromatic N) is 3. The molecule has 0 atom stereocenters. The molecular formula is C43H25F2N3. The van der Waals surface area contributed by atoms with Crippen molar-refractivity contribution in [3.05, 3.63) is 163 Å². The number of benzene rings is 6. The van der Waals surface area contributed by atoms with Gasteiger partial charge in [0.05, 0.1) is 33.3 Å². The van der Waals surface area contributed by atoms with Crippen LogP contribution >= 0.6 is 0 Å². The van der Waals surface area contributed by atoms with Crippen LogP contribution in [0.2, 0.25) is 0 Å². The normalized spacial score (nSPS) is 12.0. The predicted octanol–water partition coefficient (Wildman–Crippen LogP) is 11.5. The molecule has 4 aromatic heterocycles. The molecule has 0 saturated heterocycles. The van der Waals surface area contributed by atoms with E-state index in [1.807, 2.05) is 30.3 Å². The second-order valence-corrected chi connectivity index (χ2v) is 12.3. The fourth-order valence-corrected chi connectivity index (χ4v) is 7.47. The molecule has 0 saturated carbocycles. The van der Waals surface area contributed by atoms with Crippen molar-refractivity contribution in [3.63, 3.8) is 0 Å². The number of fused-ring (bicyclic) bond motifs is 11. The maximum absolute atomic E-state index is 14.5. The summed E-state index contributed by atoms with van der Waals surface area (Å²) in [5, 5.41) is 6.98. The van der Waals surface area contributed by atoms with E-state index < -0.39 is 0 Å².